The van der Waals surface area contributed by atoms with E-state index in [1.54, 1.807) is 0 Å². The third-order valence-electron chi connectivity index (χ3n) is 5.92. The van der Waals surface area contributed by atoms with Gasteiger partial charge in [-0.2, -0.15) is 8.78 Å². The van der Waals surface area contributed by atoms with Crippen LogP contribution in [0.15, 0.2) is 12.1 Å². The maximum Gasteiger partial charge on any atom is 0.204 e. The van der Waals surface area contributed by atoms with E-state index in [2.05, 4.69) is 13.8 Å². The van der Waals surface area contributed by atoms with Crippen molar-refractivity contribution in [2.75, 3.05) is 13.2 Å². The van der Waals surface area contributed by atoms with E-state index in [1.165, 1.54) is 50.7 Å². The number of ether oxygens (including phenoxy) is 2. The average molecular weight is 397 g/mol. The van der Waals surface area contributed by atoms with Crippen molar-refractivity contribution in [1.82, 2.24) is 0 Å². The molecule has 0 N–H and O–H groups in total. The smallest absolute Gasteiger partial charge is 0.204 e. The van der Waals surface area contributed by atoms with Crippen LogP contribution in [0.3, 0.4) is 0 Å². The molecule has 0 spiro atoms. The summed E-state index contributed by atoms with van der Waals surface area (Å²) in [5.41, 5.74) is 0. The molecule has 1 aliphatic carbocycles. The normalized spacial score (nSPS) is 19.6. The minimum atomic E-state index is -0.937. The molecule has 0 saturated heterocycles. The van der Waals surface area contributed by atoms with Crippen molar-refractivity contribution in [2.24, 2.45) is 11.8 Å². The van der Waals surface area contributed by atoms with Crippen LogP contribution in [-0.2, 0) is 0 Å². The fraction of sp³-hybridized carbons (Fsp3) is 0.750. The fourth-order valence-electron chi connectivity index (χ4n) is 4.03. The van der Waals surface area contributed by atoms with Crippen LogP contribution >= 0.6 is 0 Å². The molecule has 1 fully saturated rings. The highest BCUT2D eigenvalue weighted by molar-refractivity contribution is 5.35. The van der Waals surface area contributed by atoms with Gasteiger partial charge in [-0.05, 0) is 43.2 Å². The number of benzene rings is 1. The zero-order valence-corrected chi connectivity index (χ0v) is 17.8. The van der Waals surface area contributed by atoms with E-state index < -0.39 is 11.6 Å². The van der Waals surface area contributed by atoms with Crippen molar-refractivity contribution in [3.8, 4) is 11.5 Å². The Hall–Kier alpha value is -1.32. The van der Waals surface area contributed by atoms with Gasteiger partial charge in [-0.25, -0.2) is 0 Å². The van der Waals surface area contributed by atoms with Gasteiger partial charge in [0.05, 0.1) is 13.2 Å². The minimum absolute atomic E-state index is 0.000835. The third-order valence-corrected chi connectivity index (χ3v) is 5.92. The molecule has 0 heterocycles. The lowest BCUT2D eigenvalue weighted by molar-refractivity contribution is 0.172. The van der Waals surface area contributed by atoms with Crippen molar-refractivity contribution in [3.05, 3.63) is 23.8 Å². The molecule has 2 nitrogen and oxygen atoms in total. The van der Waals surface area contributed by atoms with E-state index in [0.29, 0.717) is 19.1 Å². The monoisotopic (exact) mass is 396 g/mol. The summed E-state index contributed by atoms with van der Waals surface area (Å²) in [4.78, 5) is 0. The molecular formula is C24H38F2O2. The lowest BCUT2D eigenvalue weighted by atomic mass is 9.80. The SMILES string of the molecule is CCCCCCOc1ccc(OCC2CCC(CCCCC)CC2)c(F)c1F. The second-order valence-corrected chi connectivity index (χ2v) is 8.29. The van der Waals surface area contributed by atoms with Crippen LogP contribution < -0.4 is 9.47 Å². The van der Waals surface area contributed by atoms with Gasteiger partial charge in [0.15, 0.2) is 11.5 Å². The number of rotatable bonds is 13. The standard InChI is InChI=1S/C24H38F2O2/c1-3-5-7-9-17-27-21-15-16-22(24(26)23(21)25)28-18-20-13-11-19(12-14-20)10-8-6-4-2/h15-16,19-20H,3-14,17-18H2,1-2H3. The van der Waals surface area contributed by atoms with Gasteiger partial charge in [0.2, 0.25) is 11.6 Å². The topological polar surface area (TPSA) is 18.5 Å². The fourth-order valence-corrected chi connectivity index (χ4v) is 4.03. The Balaban J connectivity index is 1.73. The maximum absolute atomic E-state index is 14.3. The van der Waals surface area contributed by atoms with Gasteiger partial charge in [-0.1, -0.05) is 71.6 Å². The van der Waals surface area contributed by atoms with Gasteiger partial charge in [0.1, 0.15) is 0 Å². The Morgan fingerprint density at radius 1 is 0.750 bits per heavy atom. The lowest BCUT2D eigenvalue weighted by Gasteiger charge is -2.28. The Morgan fingerprint density at radius 2 is 1.32 bits per heavy atom. The zero-order chi connectivity index (χ0) is 20.2. The summed E-state index contributed by atoms with van der Waals surface area (Å²) in [6.07, 6.45) is 14.2. The molecule has 1 aromatic rings. The summed E-state index contributed by atoms with van der Waals surface area (Å²) in [6.45, 7) is 5.25. The summed E-state index contributed by atoms with van der Waals surface area (Å²) >= 11 is 0. The Morgan fingerprint density at radius 3 is 1.96 bits per heavy atom. The number of hydrogen-bond donors (Lipinski definition) is 0. The Labute approximate surface area is 170 Å². The van der Waals surface area contributed by atoms with E-state index in [1.807, 2.05) is 0 Å². The second-order valence-electron chi connectivity index (χ2n) is 8.29. The number of unbranched alkanes of at least 4 members (excludes halogenated alkanes) is 5. The number of hydrogen-bond acceptors (Lipinski definition) is 2. The largest absolute Gasteiger partial charge is 0.490 e. The molecule has 160 valence electrons. The highest BCUT2D eigenvalue weighted by atomic mass is 19.2. The first-order chi connectivity index (χ1) is 13.7. The van der Waals surface area contributed by atoms with Gasteiger partial charge in [0, 0.05) is 0 Å². The van der Waals surface area contributed by atoms with Crippen LogP contribution in [0, 0.1) is 23.5 Å². The van der Waals surface area contributed by atoms with Gasteiger partial charge in [0.25, 0.3) is 0 Å². The highest BCUT2D eigenvalue weighted by Gasteiger charge is 2.22. The van der Waals surface area contributed by atoms with E-state index in [-0.39, 0.29) is 11.5 Å². The van der Waals surface area contributed by atoms with Crippen LogP contribution in [0.5, 0.6) is 11.5 Å². The van der Waals surface area contributed by atoms with Crippen LogP contribution in [-0.4, -0.2) is 13.2 Å². The quantitative estimate of drug-likeness (QED) is 0.318. The highest BCUT2D eigenvalue weighted by Crippen LogP contribution is 2.33. The van der Waals surface area contributed by atoms with Crippen molar-refractivity contribution in [3.63, 3.8) is 0 Å². The minimum Gasteiger partial charge on any atom is -0.490 e. The second kappa shape index (κ2) is 13.0. The lowest BCUT2D eigenvalue weighted by Crippen LogP contribution is -2.20. The first-order valence-electron chi connectivity index (χ1n) is 11.4. The average Bonchev–Trinajstić information content (AvgIpc) is 2.71. The molecule has 0 aromatic heterocycles. The summed E-state index contributed by atoms with van der Waals surface area (Å²) in [5, 5.41) is 0. The summed E-state index contributed by atoms with van der Waals surface area (Å²) in [6, 6.07) is 2.98. The van der Waals surface area contributed by atoms with E-state index in [9.17, 15) is 8.78 Å². The molecule has 0 unspecified atom stereocenters. The van der Waals surface area contributed by atoms with Crippen LogP contribution in [0.25, 0.3) is 0 Å². The summed E-state index contributed by atoms with van der Waals surface area (Å²) in [5.74, 6) is -0.605. The van der Waals surface area contributed by atoms with Gasteiger partial charge in [-0.15, -0.1) is 0 Å². The first-order valence-corrected chi connectivity index (χ1v) is 11.4. The summed E-state index contributed by atoms with van der Waals surface area (Å²) in [7, 11) is 0. The maximum atomic E-state index is 14.3. The molecule has 0 bridgehead atoms. The molecule has 28 heavy (non-hydrogen) atoms. The number of halogens is 2. The molecule has 1 aromatic carbocycles. The van der Waals surface area contributed by atoms with Crippen LogP contribution in [0.2, 0.25) is 0 Å². The van der Waals surface area contributed by atoms with E-state index >= 15 is 0 Å². The predicted molar refractivity (Wildman–Crippen MR) is 111 cm³/mol. The molecular weight excluding hydrogens is 358 g/mol. The molecule has 0 aliphatic heterocycles. The van der Waals surface area contributed by atoms with Crippen LogP contribution in [0.1, 0.15) is 90.9 Å². The molecule has 1 saturated carbocycles. The van der Waals surface area contributed by atoms with Crippen molar-refractivity contribution < 1.29 is 18.3 Å². The third kappa shape index (κ3) is 7.60. The van der Waals surface area contributed by atoms with E-state index in [4.69, 9.17) is 9.47 Å². The molecule has 0 radical (unpaired) electrons. The predicted octanol–water partition coefficient (Wildman–Crippen LogP) is 7.69. The summed E-state index contributed by atoms with van der Waals surface area (Å²) < 4.78 is 39.6. The van der Waals surface area contributed by atoms with Gasteiger partial charge >= 0.3 is 0 Å². The van der Waals surface area contributed by atoms with Gasteiger partial charge in [-0.3, -0.25) is 0 Å². The molecule has 1 aliphatic rings. The first kappa shape index (κ1) is 23.0. The molecule has 4 heteroatoms. The van der Waals surface area contributed by atoms with Crippen molar-refractivity contribution in [1.29, 1.82) is 0 Å². The Bertz CT molecular complexity index is 554. The molecule has 0 amide bonds. The van der Waals surface area contributed by atoms with Crippen LogP contribution in [0.4, 0.5) is 8.78 Å². The van der Waals surface area contributed by atoms with E-state index in [0.717, 1.165) is 44.4 Å². The van der Waals surface area contributed by atoms with Crippen molar-refractivity contribution in [2.45, 2.75) is 90.9 Å². The zero-order valence-electron chi connectivity index (χ0n) is 17.8. The molecule has 0 atom stereocenters. The van der Waals surface area contributed by atoms with Gasteiger partial charge < -0.3 is 9.47 Å². The Kier molecular flexibility index (Phi) is 10.7. The van der Waals surface area contributed by atoms with Crippen molar-refractivity contribution >= 4 is 0 Å². The molecule has 2 rings (SSSR count).